The van der Waals surface area contributed by atoms with Crippen LogP contribution in [-0.2, 0) is 41.6 Å². The van der Waals surface area contributed by atoms with Crippen molar-refractivity contribution >= 4 is 12.2 Å². The van der Waals surface area contributed by atoms with Crippen molar-refractivity contribution in [3.8, 4) is 0 Å². The highest BCUT2D eigenvalue weighted by atomic mass is 16.7. The molecule has 8 N–H and O–H groups in total. The summed E-state index contributed by atoms with van der Waals surface area (Å²) in [6, 6.07) is 16.7. The summed E-state index contributed by atoms with van der Waals surface area (Å²) in [4.78, 5) is 25.2. The van der Waals surface area contributed by atoms with Crippen molar-refractivity contribution in [1.82, 2.24) is 10.6 Å². The molecule has 2 amide bonds. The standard InChI is InChI=1S/C34H45N3O12/c1-19-14-23(35)27(40)30(26(19)39)49-32-28(41)29(25(16-38)47-32)48-31-24(37-34(43)45-18-21-10-6-3-7-11-21)13-12-22(46-31)15-36-33(42)44-17-20-8-4-2-5-9-20/h2-13,19,22-32,38-41H,14-18,35H2,1H3,(H,36,42)(H,37,43). The monoisotopic (exact) mass is 687 g/mol. The average molecular weight is 688 g/mol. The molecule has 15 nitrogen and oxygen atoms in total. The number of hydrogen-bond donors (Lipinski definition) is 7. The molecule has 15 heteroatoms. The van der Waals surface area contributed by atoms with Crippen LogP contribution in [0.2, 0.25) is 0 Å². The first-order valence-corrected chi connectivity index (χ1v) is 16.3. The third-order valence-electron chi connectivity index (χ3n) is 8.68. The van der Waals surface area contributed by atoms with E-state index in [9.17, 15) is 30.0 Å². The van der Waals surface area contributed by atoms with Gasteiger partial charge in [0.1, 0.15) is 43.7 Å². The summed E-state index contributed by atoms with van der Waals surface area (Å²) in [5.74, 6) is -0.292. The van der Waals surface area contributed by atoms with E-state index in [0.717, 1.165) is 11.1 Å². The van der Waals surface area contributed by atoms with Gasteiger partial charge in [-0.15, -0.1) is 0 Å². The average Bonchev–Trinajstić information content (AvgIpc) is 3.41. The third kappa shape index (κ3) is 9.75. The summed E-state index contributed by atoms with van der Waals surface area (Å²) >= 11 is 0. The molecule has 0 radical (unpaired) electrons. The zero-order valence-electron chi connectivity index (χ0n) is 27.0. The van der Waals surface area contributed by atoms with Crippen LogP contribution in [0.15, 0.2) is 72.8 Å². The van der Waals surface area contributed by atoms with Crippen molar-refractivity contribution in [3.05, 3.63) is 83.9 Å². The van der Waals surface area contributed by atoms with Gasteiger partial charge in [0.15, 0.2) is 12.6 Å². The van der Waals surface area contributed by atoms with Gasteiger partial charge in [0.2, 0.25) is 0 Å². The molecule has 12 unspecified atom stereocenters. The van der Waals surface area contributed by atoms with Gasteiger partial charge in [-0.3, -0.25) is 0 Å². The fraction of sp³-hybridized carbons (Fsp3) is 0.529. The molecule has 0 spiro atoms. The highest BCUT2D eigenvalue weighted by Crippen LogP contribution is 2.33. The Bertz CT molecular complexity index is 1360. The van der Waals surface area contributed by atoms with Gasteiger partial charge >= 0.3 is 12.2 Å². The first kappa shape index (κ1) is 36.6. The van der Waals surface area contributed by atoms with Crippen molar-refractivity contribution in [3.63, 3.8) is 0 Å². The molecule has 1 saturated carbocycles. The van der Waals surface area contributed by atoms with Crippen LogP contribution < -0.4 is 16.4 Å². The summed E-state index contributed by atoms with van der Waals surface area (Å²) in [6.45, 7) is 1.23. The molecule has 2 heterocycles. The third-order valence-corrected chi connectivity index (χ3v) is 8.68. The van der Waals surface area contributed by atoms with Crippen LogP contribution >= 0.6 is 0 Å². The van der Waals surface area contributed by atoms with Crippen LogP contribution in [0.5, 0.6) is 0 Å². The zero-order valence-corrected chi connectivity index (χ0v) is 27.0. The topological polar surface area (TPSA) is 221 Å². The molecule has 2 aromatic carbocycles. The van der Waals surface area contributed by atoms with Crippen LogP contribution in [0.4, 0.5) is 9.59 Å². The second-order valence-electron chi connectivity index (χ2n) is 12.4. The van der Waals surface area contributed by atoms with Crippen molar-refractivity contribution in [2.24, 2.45) is 11.7 Å². The maximum Gasteiger partial charge on any atom is 0.408 e. The zero-order chi connectivity index (χ0) is 34.9. The number of ether oxygens (including phenoxy) is 6. The summed E-state index contributed by atoms with van der Waals surface area (Å²) < 4.78 is 34.5. The van der Waals surface area contributed by atoms with Crippen molar-refractivity contribution in [2.75, 3.05) is 13.2 Å². The molecule has 12 atom stereocenters. The Morgan fingerprint density at radius 1 is 0.816 bits per heavy atom. The molecule has 0 bridgehead atoms. The summed E-state index contributed by atoms with van der Waals surface area (Å²) in [6.07, 6.45) is -8.66. The van der Waals surface area contributed by atoms with E-state index >= 15 is 0 Å². The van der Waals surface area contributed by atoms with E-state index in [2.05, 4.69) is 10.6 Å². The van der Waals surface area contributed by atoms with Gasteiger partial charge in [-0.25, -0.2) is 9.59 Å². The van der Waals surface area contributed by atoms with Gasteiger partial charge in [0, 0.05) is 6.04 Å². The maximum absolute atomic E-state index is 12.8. The number of rotatable bonds is 12. The van der Waals surface area contributed by atoms with E-state index < -0.39 is 86.2 Å². The lowest BCUT2D eigenvalue weighted by Crippen LogP contribution is -2.58. The fourth-order valence-electron chi connectivity index (χ4n) is 5.93. The van der Waals surface area contributed by atoms with E-state index in [1.165, 1.54) is 0 Å². The molecule has 1 saturated heterocycles. The molecule has 2 fully saturated rings. The predicted molar refractivity (Wildman–Crippen MR) is 171 cm³/mol. The van der Waals surface area contributed by atoms with Gasteiger partial charge in [0.25, 0.3) is 0 Å². The Morgan fingerprint density at radius 2 is 1.43 bits per heavy atom. The lowest BCUT2D eigenvalue weighted by Gasteiger charge is -2.41. The first-order valence-electron chi connectivity index (χ1n) is 16.3. The molecular weight excluding hydrogens is 642 g/mol. The van der Waals surface area contributed by atoms with Crippen LogP contribution in [0.25, 0.3) is 0 Å². The molecule has 1 aliphatic carbocycles. The second kappa shape index (κ2) is 17.3. The molecule has 2 aliphatic heterocycles. The Balaban J connectivity index is 1.24. The Labute approximate surface area is 283 Å². The number of amides is 2. The SMILES string of the molecule is CC1CC(N)C(O)C(OC2OC(CO)C(OC3OC(CNC(=O)OCc4ccccc4)C=CC3NC(=O)OCc3ccccc3)C2O)C1O. The van der Waals surface area contributed by atoms with Crippen LogP contribution in [0, 0.1) is 5.92 Å². The summed E-state index contributed by atoms with van der Waals surface area (Å²) in [5, 5.41) is 48.0. The Hall–Kier alpha value is -3.64. The van der Waals surface area contributed by atoms with E-state index in [1.54, 1.807) is 31.2 Å². The number of nitrogens with one attached hydrogen (secondary N) is 2. The van der Waals surface area contributed by atoms with Crippen molar-refractivity contribution < 1.29 is 58.4 Å². The van der Waals surface area contributed by atoms with E-state index in [4.69, 9.17) is 34.2 Å². The lowest BCUT2D eigenvalue weighted by atomic mass is 9.81. The number of aliphatic hydroxyl groups is 4. The Kier molecular flexibility index (Phi) is 13.0. The minimum atomic E-state index is -1.52. The minimum absolute atomic E-state index is 0.00898. The fourth-order valence-corrected chi connectivity index (χ4v) is 5.93. The Morgan fingerprint density at radius 3 is 2.06 bits per heavy atom. The largest absolute Gasteiger partial charge is 0.445 e. The molecular formula is C34H45N3O12. The number of nitrogens with two attached hydrogens (primary N) is 1. The van der Waals surface area contributed by atoms with Crippen LogP contribution in [0.3, 0.4) is 0 Å². The van der Waals surface area contributed by atoms with E-state index in [-0.39, 0.29) is 25.7 Å². The second-order valence-corrected chi connectivity index (χ2v) is 12.4. The molecule has 2 aromatic rings. The highest BCUT2D eigenvalue weighted by Gasteiger charge is 2.51. The van der Waals surface area contributed by atoms with Gasteiger partial charge in [-0.05, 0) is 23.5 Å². The number of hydrogen-bond acceptors (Lipinski definition) is 13. The minimum Gasteiger partial charge on any atom is -0.445 e. The van der Waals surface area contributed by atoms with Crippen molar-refractivity contribution in [1.29, 1.82) is 0 Å². The highest BCUT2D eigenvalue weighted by molar-refractivity contribution is 5.68. The van der Waals surface area contributed by atoms with Gasteiger partial charge in [-0.1, -0.05) is 79.7 Å². The molecule has 49 heavy (non-hydrogen) atoms. The van der Waals surface area contributed by atoms with E-state index in [1.807, 2.05) is 48.5 Å². The molecule has 268 valence electrons. The number of alkyl carbamates (subject to hydrolysis) is 2. The van der Waals surface area contributed by atoms with Gasteiger partial charge in [-0.2, -0.15) is 0 Å². The molecule has 3 aliphatic rings. The smallest absolute Gasteiger partial charge is 0.408 e. The van der Waals surface area contributed by atoms with Crippen LogP contribution in [-0.4, -0.2) is 113 Å². The van der Waals surface area contributed by atoms with E-state index in [0.29, 0.717) is 6.42 Å². The summed E-state index contributed by atoms with van der Waals surface area (Å²) in [5.41, 5.74) is 7.62. The normalized spacial score (nSPS) is 34.2. The number of aliphatic hydroxyl groups excluding tert-OH is 4. The maximum atomic E-state index is 12.8. The lowest BCUT2D eigenvalue weighted by molar-refractivity contribution is -0.247. The number of carbonyl (C=O) groups excluding carboxylic acids is 2. The predicted octanol–water partition coefficient (Wildman–Crippen LogP) is 0.426. The number of carbonyl (C=O) groups is 2. The molecule has 0 aromatic heterocycles. The van der Waals surface area contributed by atoms with Crippen LogP contribution in [0.1, 0.15) is 24.5 Å². The summed E-state index contributed by atoms with van der Waals surface area (Å²) in [7, 11) is 0. The van der Waals surface area contributed by atoms with Gasteiger partial charge < -0.3 is 65.2 Å². The number of benzene rings is 2. The first-order chi connectivity index (χ1) is 23.6. The molecule has 5 rings (SSSR count). The quantitative estimate of drug-likeness (QED) is 0.151. The van der Waals surface area contributed by atoms with Crippen molar-refractivity contribution in [2.45, 2.75) is 93.9 Å². The van der Waals surface area contributed by atoms with Gasteiger partial charge in [0.05, 0.1) is 31.5 Å².